The van der Waals surface area contributed by atoms with Gasteiger partial charge in [-0.15, -0.1) is 0 Å². The summed E-state index contributed by atoms with van der Waals surface area (Å²) in [6, 6.07) is 10.0. The molecule has 0 fully saturated rings. The standard InChI is InChI=1S/C20H14N8O/c21-7-15-16(12-1-3-14(4-2-12)28-6-5-23-11-28)17-18(13-8-24-10-25-9-13)26-27-20(17)29-19(15)22/h1-6,8-11,16H,22H2,(H,26,27). The molecule has 140 valence electrons. The Hall–Kier alpha value is -4.45. The van der Waals surface area contributed by atoms with Crippen molar-refractivity contribution in [2.75, 3.05) is 0 Å². The van der Waals surface area contributed by atoms with Crippen LogP contribution < -0.4 is 10.5 Å². The summed E-state index contributed by atoms with van der Waals surface area (Å²) in [6.07, 6.45) is 10.1. The van der Waals surface area contributed by atoms with Gasteiger partial charge in [-0.3, -0.25) is 0 Å². The maximum absolute atomic E-state index is 9.79. The summed E-state index contributed by atoms with van der Waals surface area (Å²) in [5.74, 6) is 0.0294. The molecule has 0 saturated heterocycles. The second kappa shape index (κ2) is 6.61. The van der Waals surface area contributed by atoms with Gasteiger partial charge in [0, 0.05) is 36.0 Å². The first-order chi connectivity index (χ1) is 14.3. The number of ether oxygens (including phenoxy) is 1. The smallest absolute Gasteiger partial charge is 0.222 e. The van der Waals surface area contributed by atoms with Gasteiger partial charge < -0.3 is 15.0 Å². The Morgan fingerprint density at radius 2 is 1.93 bits per heavy atom. The molecule has 3 N–H and O–H groups in total. The predicted octanol–water partition coefficient (Wildman–Crippen LogP) is 2.27. The largest absolute Gasteiger partial charge is 0.422 e. The molecule has 1 aliphatic heterocycles. The normalized spacial score (nSPS) is 15.5. The zero-order valence-electron chi connectivity index (χ0n) is 15.0. The minimum absolute atomic E-state index is 0.0585. The van der Waals surface area contributed by atoms with E-state index in [1.165, 1.54) is 6.33 Å². The fourth-order valence-electron chi connectivity index (χ4n) is 3.48. The van der Waals surface area contributed by atoms with Crippen LogP contribution in [0.3, 0.4) is 0 Å². The van der Waals surface area contributed by atoms with Gasteiger partial charge in [0.2, 0.25) is 11.8 Å². The number of hydrogen-bond donors (Lipinski definition) is 2. The van der Waals surface area contributed by atoms with Gasteiger partial charge in [-0.1, -0.05) is 12.1 Å². The Balaban J connectivity index is 1.66. The van der Waals surface area contributed by atoms with Crippen LogP contribution in [0.25, 0.3) is 16.9 Å². The average molecular weight is 382 g/mol. The van der Waals surface area contributed by atoms with Crippen molar-refractivity contribution in [2.45, 2.75) is 5.92 Å². The molecule has 3 aromatic heterocycles. The van der Waals surface area contributed by atoms with E-state index < -0.39 is 5.92 Å². The number of allylic oxidation sites excluding steroid dienone is 1. The molecule has 0 aliphatic carbocycles. The van der Waals surface area contributed by atoms with Gasteiger partial charge in [-0.2, -0.15) is 10.4 Å². The highest BCUT2D eigenvalue weighted by atomic mass is 16.5. The number of aromatic amines is 1. The third kappa shape index (κ3) is 2.71. The van der Waals surface area contributed by atoms with Gasteiger partial charge in [-0.25, -0.2) is 20.1 Å². The Morgan fingerprint density at radius 3 is 2.62 bits per heavy atom. The molecule has 4 heterocycles. The van der Waals surface area contributed by atoms with Crippen molar-refractivity contribution >= 4 is 0 Å². The minimum Gasteiger partial charge on any atom is -0.422 e. The minimum atomic E-state index is -0.436. The Bertz CT molecular complexity index is 1230. The van der Waals surface area contributed by atoms with E-state index in [4.69, 9.17) is 10.5 Å². The number of hydrogen-bond acceptors (Lipinski definition) is 7. The average Bonchev–Trinajstić information content (AvgIpc) is 3.44. The third-order valence-electron chi connectivity index (χ3n) is 4.81. The zero-order chi connectivity index (χ0) is 19.8. The van der Waals surface area contributed by atoms with Crippen molar-refractivity contribution in [3.8, 4) is 28.9 Å². The van der Waals surface area contributed by atoms with Crippen molar-refractivity contribution < 1.29 is 4.74 Å². The maximum Gasteiger partial charge on any atom is 0.222 e. The number of nitrogens with two attached hydrogens (primary N) is 1. The van der Waals surface area contributed by atoms with Crippen molar-refractivity contribution in [3.63, 3.8) is 0 Å². The van der Waals surface area contributed by atoms with E-state index in [1.54, 1.807) is 24.9 Å². The Labute approximate surface area is 165 Å². The molecule has 0 radical (unpaired) electrons. The number of imidazole rings is 1. The first-order valence-corrected chi connectivity index (χ1v) is 8.76. The first-order valence-electron chi connectivity index (χ1n) is 8.76. The molecule has 1 aliphatic rings. The monoisotopic (exact) mass is 382 g/mol. The summed E-state index contributed by atoms with van der Waals surface area (Å²) in [5.41, 5.74) is 10.3. The quantitative estimate of drug-likeness (QED) is 0.555. The number of nitrogens with zero attached hydrogens (tertiary/aromatic N) is 6. The summed E-state index contributed by atoms with van der Waals surface area (Å²) in [5, 5.41) is 17.0. The van der Waals surface area contributed by atoms with E-state index in [0.29, 0.717) is 22.7 Å². The number of nitriles is 1. The molecular weight excluding hydrogens is 368 g/mol. The number of aromatic nitrogens is 6. The number of H-pyrrole nitrogens is 1. The molecular formula is C20H14N8O. The van der Waals surface area contributed by atoms with Crippen molar-refractivity contribution in [1.82, 2.24) is 29.7 Å². The molecule has 1 atom stereocenters. The molecule has 9 heteroatoms. The molecule has 0 amide bonds. The summed E-state index contributed by atoms with van der Waals surface area (Å²) in [4.78, 5) is 12.2. The summed E-state index contributed by atoms with van der Waals surface area (Å²) < 4.78 is 7.54. The summed E-state index contributed by atoms with van der Waals surface area (Å²) in [7, 11) is 0. The second-order valence-corrected chi connectivity index (χ2v) is 6.43. The molecule has 5 rings (SSSR count). The fourth-order valence-corrected chi connectivity index (χ4v) is 3.48. The molecule has 9 nitrogen and oxygen atoms in total. The molecule has 0 saturated carbocycles. The van der Waals surface area contributed by atoms with Crippen LogP contribution in [0, 0.1) is 11.3 Å². The fraction of sp³-hybridized carbons (Fsp3) is 0.0500. The van der Waals surface area contributed by atoms with Crippen molar-refractivity contribution in [1.29, 1.82) is 5.26 Å². The molecule has 0 spiro atoms. The summed E-state index contributed by atoms with van der Waals surface area (Å²) >= 11 is 0. The Kier molecular flexibility index (Phi) is 3.81. The molecule has 0 bridgehead atoms. The van der Waals surface area contributed by atoms with Crippen LogP contribution in [0.1, 0.15) is 17.0 Å². The van der Waals surface area contributed by atoms with Gasteiger partial charge in [0.25, 0.3) is 0 Å². The van der Waals surface area contributed by atoms with Crippen LogP contribution in [-0.4, -0.2) is 29.7 Å². The van der Waals surface area contributed by atoms with Crippen LogP contribution in [0.2, 0.25) is 0 Å². The SMILES string of the molecule is N#CC1=C(N)Oc2[nH]nc(-c3cncnc3)c2C1c1ccc(-n2ccnc2)cc1. The van der Waals surface area contributed by atoms with Gasteiger partial charge in [0.05, 0.1) is 17.8 Å². The van der Waals surface area contributed by atoms with Crippen molar-refractivity contribution in [2.24, 2.45) is 5.73 Å². The van der Waals surface area contributed by atoms with Gasteiger partial charge in [0.15, 0.2) is 0 Å². The highest BCUT2D eigenvalue weighted by Crippen LogP contribution is 2.45. The van der Waals surface area contributed by atoms with Crippen LogP contribution in [0.15, 0.2) is 73.2 Å². The second-order valence-electron chi connectivity index (χ2n) is 6.43. The lowest BCUT2D eigenvalue weighted by atomic mass is 9.83. The van der Waals surface area contributed by atoms with Crippen LogP contribution in [0.5, 0.6) is 5.88 Å². The van der Waals surface area contributed by atoms with Crippen LogP contribution in [-0.2, 0) is 0 Å². The first kappa shape index (κ1) is 16.7. The Morgan fingerprint density at radius 1 is 1.14 bits per heavy atom. The third-order valence-corrected chi connectivity index (χ3v) is 4.81. The number of fused-ring (bicyclic) bond motifs is 1. The van der Waals surface area contributed by atoms with Gasteiger partial charge >= 0.3 is 0 Å². The van der Waals surface area contributed by atoms with E-state index in [0.717, 1.165) is 16.8 Å². The number of rotatable bonds is 3. The lowest BCUT2D eigenvalue weighted by Gasteiger charge is -2.24. The lowest BCUT2D eigenvalue weighted by molar-refractivity contribution is 0.379. The molecule has 4 aromatic rings. The lowest BCUT2D eigenvalue weighted by Crippen LogP contribution is -2.21. The maximum atomic E-state index is 9.79. The van der Waals surface area contributed by atoms with Gasteiger partial charge in [0.1, 0.15) is 23.7 Å². The van der Waals surface area contributed by atoms with E-state index in [2.05, 4.69) is 31.2 Å². The van der Waals surface area contributed by atoms with E-state index in [-0.39, 0.29) is 5.88 Å². The highest BCUT2D eigenvalue weighted by Gasteiger charge is 2.35. The summed E-state index contributed by atoms with van der Waals surface area (Å²) in [6.45, 7) is 0. The molecule has 1 unspecified atom stereocenters. The highest BCUT2D eigenvalue weighted by molar-refractivity contribution is 5.69. The van der Waals surface area contributed by atoms with E-state index in [9.17, 15) is 5.26 Å². The van der Waals surface area contributed by atoms with Crippen LogP contribution >= 0.6 is 0 Å². The predicted molar refractivity (Wildman–Crippen MR) is 102 cm³/mol. The molecule has 1 aromatic carbocycles. The number of nitrogens with one attached hydrogen (secondary N) is 1. The topological polar surface area (TPSA) is 131 Å². The van der Waals surface area contributed by atoms with Crippen molar-refractivity contribution in [3.05, 3.63) is 84.3 Å². The van der Waals surface area contributed by atoms with Crippen LogP contribution in [0.4, 0.5) is 0 Å². The van der Waals surface area contributed by atoms with E-state index in [1.807, 2.05) is 35.0 Å². The zero-order valence-corrected chi connectivity index (χ0v) is 15.0. The van der Waals surface area contributed by atoms with E-state index >= 15 is 0 Å². The van der Waals surface area contributed by atoms with Gasteiger partial charge in [-0.05, 0) is 17.7 Å². The number of benzene rings is 1. The molecule has 29 heavy (non-hydrogen) atoms.